The molecule has 1 saturated carbocycles. The molecule has 1 heterocycles. The van der Waals surface area contributed by atoms with Gasteiger partial charge < -0.3 is 10.0 Å². The Labute approximate surface area is 124 Å². The van der Waals surface area contributed by atoms with Gasteiger partial charge in [-0.1, -0.05) is 18.9 Å². The van der Waals surface area contributed by atoms with Gasteiger partial charge in [0.15, 0.2) is 0 Å². The SMILES string of the molecule is O=C(O)c1ccc2c(c1)CCN(C(=O)CC1CCCC1)C2. The lowest BCUT2D eigenvalue weighted by Crippen LogP contribution is -2.36. The Bertz CT molecular complexity index is 561. The van der Waals surface area contributed by atoms with E-state index in [0.29, 0.717) is 31.0 Å². The number of fused-ring (bicyclic) bond motifs is 1. The van der Waals surface area contributed by atoms with E-state index in [0.717, 1.165) is 17.5 Å². The van der Waals surface area contributed by atoms with E-state index in [1.165, 1.54) is 25.7 Å². The largest absolute Gasteiger partial charge is 0.478 e. The predicted molar refractivity (Wildman–Crippen MR) is 79.1 cm³/mol. The summed E-state index contributed by atoms with van der Waals surface area (Å²) >= 11 is 0. The molecule has 0 bridgehead atoms. The second-order valence-corrected chi connectivity index (χ2v) is 6.21. The fraction of sp³-hybridized carbons (Fsp3) is 0.529. The molecular weight excluding hydrogens is 266 g/mol. The molecule has 1 aliphatic heterocycles. The van der Waals surface area contributed by atoms with Crippen molar-refractivity contribution in [3.63, 3.8) is 0 Å². The predicted octanol–water partition coefficient (Wildman–Crippen LogP) is 2.85. The van der Waals surface area contributed by atoms with Gasteiger partial charge in [-0.25, -0.2) is 4.79 Å². The number of hydrogen-bond donors (Lipinski definition) is 1. The van der Waals surface area contributed by atoms with Crippen LogP contribution in [0, 0.1) is 5.92 Å². The topological polar surface area (TPSA) is 57.6 Å². The molecule has 2 aliphatic rings. The van der Waals surface area contributed by atoms with Gasteiger partial charge in [0.2, 0.25) is 5.91 Å². The molecule has 3 rings (SSSR count). The zero-order valence-corrected chi connectivity index (χ0v) is 12.2. The Morgan fingerprint density at radius 1 is 1.19 bits per heavy atom. The van der Waals surface area contributed by atoms with Crippen LogP contribution < -0.4 is 0 Å². The molecule has 21 heavy (non-hydrogen) atoms. The lowest BCUT2D eigenvalue weighted by Gasteiger charge is -2.30. The minimum atomic E-state index is -0.891. The average Bonchev–Trinajstić information content (AvgIpc) is 2.99. The van der Waals surface area contributed by atoms with Crippen LogP contribution in [0.15, 0.2) is 18.2 Å². The highest BCUT2D eigenvalue weighted by molar-refractivity contribution is 5.88. The fourth-order valence-electron chi connectivity index (χ4n) is 3.49. The molecule has 1 aromatic carbocycles. The molecule has 0 radical (unpaired) electrons. The van der Waals surface area contributed by atoms with E-state index in [2.05, 4.69) is 0 Å². The summed E-state index contributed by atoms with van der Waals surface area (Å²) in [5.74, 6) is -0.0549. The Hall–Kier alpha value is -1.84. The molecule has 1 aliphatic carbocycles. The number of hydrogen-bond acceptors (Lipinski definition) is 2. The number of aromatic carboxylic acids is 1. The first kappa shape index (κ1) is 14.1. The lowest BCUT2D eigenvalue weighted by molar-refractivity contribution is -0.133. The smallest absolute Gasteiger partial charge is 0.335 e. The Morgan fingerprint density at radius 3 is 2.67 bits per heavy atom. The van der Waals surface area contributed by atoms with Crippen LogP contribution >= 0.6 is 0 Å². The first-order valence-electron chi connectivity index (χ1n) is 7.76. The van der Waals surface area contributed by atoms with Gasteiger partial charge in [0, 0.05) is 19.5 Å². The Morgan fingerprint density at radius 2 is 1.95 bits per heavy atom. The van der Waals surface area contributed by atoms with Gasteiger partial charge in [-0.3, -0.25) is 4.79 Å². The van der Waals surface area contributed by atoms with Crippen molar-refractivity contribution in [3.8, 4) is 0 Å². The highest BCUT2D eigenvalue weighted by Crippen LogP contribution is 2.29. The third-order valence-corrected chi connectivity index (χ3v) is 4.76. The molecule has 1 aromatic rings. The minimum absolute atomic E-state index is 0.259. The maximum atomic E-state index is 12.4. The first-order chi connectivity index (χ1) is 10.1. The lowest BCUT2D eigenvalue weighted by atomic mass is 9.96. The molecule has 1 amide bonds. The standard InChI is InChI=1S/C17H21NO3/c19-16(9-12-3-1-2-4-12)18-8-7-13-10-14(17(20)21)5-6-15(13)11-18/h5-6,10,12H,1-4,7-9,11H2,(H,20,21). The van der Waals surface area contributed by atoms with E-state index >= 15 is 0 Å². The number of carboxylic acid groups (broad SMARTS) is 1. The third-order valence-electron chi connectivity index (χ3n) is 4.76. The second kappa shape index (κ2) is 5.88. The van der Waals surface area contributed by atoms with Crippen molar-refractivity contribution in [2.75, 3.05) is 6.54 Å². The van der Waals surface area contributed by atoms with E-state index in [9.17, 15) is 9.59 Å². The molecule has 112 valence electrons. The van der Waals surface area contributed by atoms with Crippen molar-refractivity contribution in [1.82, 2.24) is 4.90 Å². The number of carbonyl (C=O) groups is 2. The summed E-state index contributed by atoms with van der Waals surface area (Å²) in [6.45, 7) is 1.34. The first-order valence-corrected chi connectivity index (χ1v) is 7.76. The van der Waals surface area contributed by atoms with E-state index in [1.807, 2.05) is 11.0 Å². The summed E-state index contributed by atoms with van der Waals surface area (Å²) in [4.78, 5) is 25.3. The zero-order valence-electron chi connectivity index (χ0n) is 12.2. The zero-order chi connectivity index (χ0) is 14.8. The molecule has 1 N–H and O–H groups in total. The number of benzene rings is 1. The summed E-state index contributed by atoms with van der Waals surface area (Å²) < 4.78 is 0. The fourth-order valence-corrected chi connectivity index (χ4v) is 3.49. The Kier molecular flexibility index (Phi) is 3.95. The molecule has 0 atom stereocenters. The maximum Gasteiger partial charge on any atom is 0.335 e. The van der Waals surface area contributed by atoms with Gasteiger partial charge in [0.25, 0.3) is 0 Å². The third kappa shape index (κ3) is 3.09. The number of nitrogens with zero attached hydrogens (tertiary/aromatic N) is 1. The van der Waals surface area contributed by atoms with E-state index in [4.69, 9.17) is 5.11 Å². The van der Waals surface area contributed by atoms with Crippen LogP contribution in [0.5, 0.6) is 0 Å². The van der Waals surface area contributed by atoms with Crippen LogP contribution in [0.4, 0.5) is 0 Å². The molecule has 0 saturated heterocycles. The van der Waals surface area contributed by atoms with Crippen molar-refractivity contribution in [1.29, 1.82) is 0 Å². The highest BCUT2D eigenvalue weighted by Gasteiger charge is 2.25. The normalized spacial score (nSPS) is 18.6. The summed E-state index contributed by atoms with van der Waals surface area (Å²) in [7, 11) is 0. The van der Waals surface area contributed by atoms with Crippen LogP contribution in [-0.4, -0.2) is 28.4 Å². The molecule has 1 fully saturated rings. The minimum Gasteiger partial charge on any atom is -0.478 e. The summed E-state index contributed by atoms with van der Waals surface area (Å²) in [5.41, 5.74) is 2.49. The molecule has 4 nitrogen and oxygen atoms in total. The van der Waals surface area contributed by atoms with Gasteiger partial charge in [-0.2, -0.15) is 0 Å². The van der Waals surface area contributed by atoms with E-state index in [-0.39, 0.29) is 5.91 Å². The summed E-state index contributed by atoms with van der Waals surface area (Å²) in [5, 5.41) is 9.02. The van der Waals surface area contributed by atoms with Gasteiger partial charge in [0.05, 0.1) is 5.56 Å². The van der Waals surface area contributed by atoms with Crippen LogP contribution in [0.1, 0.15) is 53.6 Å². The van der Waals surface area contributed by atoms with E-state index in [1.54, 1.807) is 12.1 Å². The number of carbonyl (C=O) groups excluding carboxylic acids is 1. The maximum absolute atomic E-state index is 12.4. The van der Waals surface area contributed by atoms with Crippen LogP contribution in [0.3, 0.4) is 0 Å². The van der Waals surface area contributed by atoms with Crippen LogP contribution in [0.25, 0.3) is 0 Å². The number of rotatable bonds is 3. The number of amides is 1. The van der Waals surface area contributed by atoms with Gasteiger partial charge in [0.1, 0.15) is 0 Å². The van der Waals surface area contributed by atoms with Crippen molar-refractivity contribution < 1.29 is 14.7 Å². The molecular formula is C17H21NO3. The van der Waals surface area contributed by atoms with Gasteiger partial charge in [-0.05, 0) is 48.4 Å². The summed E-state index contributed by atoms with van der Waals surface area (Å²) in [6, 6.07) is 5.23. The van der Waals surface area contributed by atoms with Crippen molar-refractivity contribution in [2.24, 2.45) is 5.92 Å². The summed E-state index contributed by atoms with van der Waals surface area (Å²) in [6.07, 6.45) is 6.35. The van der Waals surface area contributed by atoms with Gasteiger partial charge >= 0.3 is 5.97 Å². The molecule has 4 heteroatoms. The van der Waals surface area contributed by atoms with E-state index < -0.39 is 5.97 Å². The second-order valence-electron chi connectivity index (χ2n) is 6.21. The van der Waals surface area contributed by atoms with Crippen molar-refractivity contribution in [2.45, 2.75) is 45.1 Å². The molecule has 0 aromatic heterocycles. The number of carboxylic acids is 1. The highest BCUT2D eigenvalue weighted by atomic mass is 16.4. The average molecular weight is 287 g/mol. The van der Waals surface area contributed by atoms with Crippen LogP contribution in [0.2, 0.25) is 0 Å². The molecule has 0 unspecified atom stereocenters. The van der Waals surface area contributed by atoms with Gasteiger partial charge in [-0.15, -0.1) is 0 Å². The quantitative estimate of drug-likeness (QED) is 0.930. The van der Waals surface area contributed by atoms with Crippen molar-refractivity contribution >= 4 is 11.9 Å². The van der Waals surface area contributed by atoms with Crippen LogP contribution in [-0.2, 0) is 17.8 Å². The Balaban J connectivity index is 1.66. The molecule has 0 spiro atoms. The monoisotopic (exact) mass is 287 g/mol. The van der Waals surface area contributed by atoms with Crippen molar-refractivity contribution in [3.05, 3.63) is 34.9 Å².